The van der Waals surface area contributed by atoms with Gasteiger partial charge in [0, 0.05) is 24.0 Å². The number of rotatable bonds is 3. The molecule has 3 aromatic heterocycles. The Kier molecular flexibility index (Phi) is 2.83. The first-order chi connectivity index (χ1) is 9.28. The molecule has 0 spiro atoms. The molecule has 0 bridgehead atoms. The van der Waals surface area contributed by atoms with Crippen molar-refractivity contribution >= 4 is 17.0 Å². The van der Waals surface area contributed by atoms with E-state index < -0.39 is 0 Å². The van der Waals surface area contributed by atoms with Gasteiger partial charge in [-0.3, -0.25) is 10.1 Å². The number of nitrogens with zero attached hydrogens (tertiary/aromatic N) is 4. The predicted molar refractivity (Wildman–Crippen MR) is 73.8 cm³/mol. The van der Waals surface area contributed by atoms with E-state index in [4.69, 9.17) is 0 Å². The van der Waals surface area contributed by atoms with Crippen LogP contribution in [0.1, 0.15) is 12.6 Å². The lowest BCUT2D eigenvalue weighted by Crippen LogP contribution is -2.03. The van der Waals surface area contributed by atoms with Crippen LogP contribution in [0, 0.1) is 6.92 Å². The highest BCUT2D eigenvalue weighted by molar-refractivity contribution is 5.90. The summed E-state index contributed by atoms with van der Waals surface area (Å²) in [6.45, 7) is 4.74. The van der Waals surface area contributed by atoms with Crippen LogP contribution in [0.15, 0.2) is 24.5 Å². The molecule has 3 aromatic rings. The highest BCUT2D eigenvalue weighted by Gasteiger charge is 2.11. The summed E-state index contributed by atoms with van der Waals surface area (Å²) >= 11 is 0. The summed E-state index contributed by atoms with van der Waals surface area (Å²) in [6.07, 6.45) is 3.53. The van der Waals surface area contributed by atoms with E-state index in [-0.39, 0.29) is 0 Å². The number of aromatic nitrogens is 5. The van der Waals surface area contributed by atoms with Crippen LogP contribution in [0.5, 0.6) is 0 Å². The highest BCUT2D eigenvalue weighted by atomic mass is 15.2. The van der Waals surface area contributed by atoms with Gasteiger partial charge in [0.25, 0.3) is 0 Å². The summed E-state index contributed by atoms with van der Waals surface area (Å²) in [6, 6.07) is 3.95. The van der Waals surface area contributed by atoms with Gasteiger partial charge in [0.1, 0.15) is 0 Å². The number of aryl methyl sites for hydroxylation is 1. The lowest BCUT2D eigenvalue weighted by molar-refractivity contribution is 1.07. The van der Waals surface area contributed by atoms with Crippen LogP contribution in [-0.2, 0) is 0 Å². The van der Waals surface area contributed by atoms with Crippen LogP contribution in [0.3, 0.4) is 0 Å². The summed E-state index contributed by atoms with van der Waals surface area (Å²) in [5.41, 5.74) is 3.56. The molecule has 6 heteroatoms. The highest BCUT2D eigenvalue weighted by Crippen LogP contribution is 2.26. The Morgan fingerprint density at radius 2 is 2.21 bits per heavy atom. The summed E-state index contributed by atoms with van der Waals surface area (Å²) < 4.78 is 0. The smallest absolute Gasteiger partial charge is 0.225 e. The van der Waals surface area contributed by atoms with Crippen molar-refractivity contribution in [1.29, 1.82) is 0 Å². The summed E-state index contributed by atoms with van der Waals surface area (Å²) in [7, 11) is 0. The topological polar surface area (TPSA) is 79.4 Å². The van der Waals surface area contributed by atoms with Crippen LogP contribution in [0.4, 0.5) is 5.95 Å². The van der Waals surface area contributed by atoms with Crippen molar-refractivity contribution in [3.63, 3.8) is 0 Å². The van der Waals surface area contributed by atoms with E-state index in [0.717, 1.165) is 34.5 Å². The van der Waals surface area contributed by atoms with Crippen LogP contribution >= 0.6 is 0 Å². The van der Waals surface area contributed by atoms with Crippen molar-refractivity contribution in [2.45, 2.75) is 13.8 Å². The minimum Gasteiger partial charge on any atom is -0.354 e. The fourth-order valence-electron chi connectivity index (χ4n) is 1.98. The van der Waals surface area contributed by atoms with Crippen molar-refractivity contribution in [3.05, 3.63) is 30.2 Å². The number of fused-ring (bicyclic) bond motifs is 1. The molecule has 0 radical (unpaired) electrons. The lowest BCUT2D eigenvalue weighted by Gasteiger charge is -2.06. The molecular weight excluding hydrogens is 240 g/mol. The van der Waals surface area contributed by atoms with Gasteiger partial charge in [0.15, 0.2) is 5.65 Å². The maximum absolute atomic E-state index is 4.56. The van der Waals surface area contributed by atoms with Gasteiger partial charge in [-0.1, -0.05) is 0 Å². The monoisotopic (exact) mass is 254 g/mol. The third-order valence-electron chi connectivity index (χ3n) is 2.81. The van der Waals surface area contributed by atoms with Crippen LogP contribution in [-0.4, -0.2) is 31.7 Å². The van der Waals surface area contributed by atoms with Gasteiger partial charge in [-0.15, -0.1) is 0 Å². The maximum Gasteiger partial charge on any atom is 0.225 e. The number of aromatic amines is 1. The number of H-pyrrole nitrogens is 1. The van der Waals surface area contributed by atoms with Gasteiger partial charge in [-0.2, -0.15) is 10.1 Å². The van der Waals surface area contributed by atoms with Crippen molar-refractivity contribution in [2.75, 3.05) is 11.9 Å². The zero-order valence-corrected chi connectivity index (χ0v) is 10.8. The summed E-state index contributed by atoms with van der Waals surface area (Å²) in [5.74, 6) is 0.601. The van der Waals surface area contributed by atoms with Crippen LogP contribution < -0.4 is 5.32 Å². The Hall–Kier alpha value is -2.50. The molecular formula is C13H14N6. The molecule has 0 atom stereocenters. The number of hydrogen-bond acceptors (Lipinski definition) is 5. The first kappa shape index (κ1) is 11.6. The molecule has 0 fully saturated rings. The van der Waals surface area contributed by atoms with Gasteiger partial charge in [0.05, 0.1) is 17.3 Å². The number of nitrogens with one attached hydrogen (secondary N) is 2. The van der Waals surface area contributed by atoms with Crippen LogP contribution in [0.2, 0.25) is 0 Å². The third-order valence-corrected chi connectivity index (χ3v) is 2.81. The molecule has 0 saturated heterocycles. The molecule has 6 nitrogen and oxygen atoms in total. The minimum absolute atomic E-state index is 0.601. The van der Waals surface area contributed by atoms with Crippen molar-refractivity contribution in [2.24, 2.45) is 0 Å². The average Bonchev–Trinajstić information content (AvgIpc) is 2.86. The lowest BCUT2D eigenvalue weighted by atomic mass is 10.1. The second kappa shape index (κ2) is 4.64. The molecule has 3 heterocycles. The molecule has 2 N–H and O–H groups in total. The van der Waals surface area contributed by atoms with E-state index in [1.807, 2.05) is 26.0 Å². The molecule has 0 aromatic carbocycles. The fourth-order valence-corrected chi connectivity index (χ4v) is 1.98. The number of hydrogen-bond donors (Lipinski definition) is 2. The molecule has 0 aliphatic rings. The molecule has 0 amide bonds. The Morgan fingerprint density at radius 3 is 3.00 bits per heavy atom. The van der Waals surface area contributed by atoms with Gasteiger partial charge in [0.2, 0.25) is 5.95 Å². The molecule has 0 saturated carbocycles. The van der Waals surface area contributed by atoms with Crippen molar-refractivity contribution < 1.29 is 0 Å². The standard InChI is InChI=1S/C13H14N6/c1-3-14-13-17-11(9-4-5-15-8(2)6-9)10-7-16-19-12(10)18-13/h4-7H,3H2,1-2H3,(H2,14,16,17,18,19). The van der Waals surface area contributed by atoms with Crippen molar-refractivity contribution in [1.82, 2.24) is 25.1 Å². The van der Waals surface area contributed by atoms with E-state index in [1.165, 1.54) is 0 Å². The van der Waals surface area contributed by atoms with Crippen LogP contribution in [0.25, 0.3) is 22.3 Å². The Labute approximate surface area is 110 Å². The van der Waals surface area contributed by atoms with E-state index in [2.05, 4.69) is 30.5 Å². The number of anilines is 1. The van der Waals surface area contributed by atoms with Gasteiger partial charge >= 0.3 is 0 Å². The Morgan fingerprint density at radius 1 is 1.32 bits per heavy atom. The van der Waals surface area contributed by atoms with E-state index in [0.29, 0.717) is 5.95 Å². The zero-order chi connectivity index (χ0) is 13.2. The fraction of sp³-hybridized carbons (Fsp3) is 0.231. The molecule has 0 aliphatic heterocycles. The average molecular weight is 254 g/mol. The quantitative estimate of drug-likeness (QED) is 0.748. The number of pyridine rings is 1. The van der Waals surface area contributed by atoms with Gasteiger partial charge in [-0.25, -0.2) is 4.98 Å². The zero-order valence-electron chi connectivity index (χ0n) is 10.8. The Balaban J connectivity index is 2.23. The van der Waals surface area contributed by atoms with E-state index in [1.54, 1.807) is 12.4 Å². The molecule has 0 unspecified atom stereocenters. The first-order valence-electron chi connectivity index (χ1n) is 6.16. The normalized spacial score (nSPS) is 10.8. The SMILES string of the molecule is CCNc1nc(-c2ccnc(C)c2)c2cn[nH]c2n1. The molecule has 19 heavy (non-hydrogen) atoms. The Bertz CT molecular complexity index is 718. The molecule has 0 aliphatic carbocycles. The van der Waals surface area contributed by atoms with E-state index >= 15 is 0 Å². The largest absolute Gasteiger partial charge is 0.354 e. The van der Waals surface area contributed by atoms with Gasteiger partial charge < -0.3 is 5.32 Å². The molecule has 96 valence electrons. The maximum atomic E-state index is 4.56. The van der Waals surface area contributed by atoms with E-state index in [9.17, 15) is 0 Å². The second-order valence-corrected chi connectivity index (χ2v) is 4.24. The first-order valence-corrected chi connectivity index (χ1v) is 6.16. The second-order valence-electron chi connectivity index (χ2n) is 4.24. The van der Waals surface area contributed by atoms with Gasteiger partial charge in [-0.05, 0) is 26.0 Å². The third kappa shape index (κ3) is 2.12. The van der Waals surface area contributed by atoms with Crippen molar-refractivity contribution in [3.8, 4) is 11.3 Å². The summed E-state index contributed by atoms with van der Waals surface area (Å²) in [4.78, 5) is 13.2. The molecule has 3 rings (SSSR count). The predicted octanol–water partition coefficient (Wildman–Crippen LogP) is 2.16. The minimum atomic E-state index is 0.601. The summed E-state index contributed by atoms with van der Waals surface area (Å²) in [5, 5.41) is 11.0.